The second kappa shape index (κ2) is 4.57. The van der Waals surface area contributed by atoms with Gasteiger partial charge in [-0.3, -0.25) is 14.3 Å². The Hall–Kier alpha value is -1.48. The molecule has 0 radical (unpaired) electrons. The molecule has 0 N–H and O–H groups in total. The van der Waals surface area contributed by atoms with Crippen LogP contribution in [0.4, 0.5) is 13.2 Å². The number of nitrogens with zero attached hydrogens (tertiary/aromatic N) is 4. The van der Waals surface area contributed by atoms with E-state index in [0.29, 0.717) is 25.5 Å². The predicted octanol–water partition coefficient (Wildman–Crippen LogP) is 1.25. The topological polar surface area (TPSA) is 61.5 Å². The van der Waals surface area contributed by atoms with Crippen LogP contribution in [0.5, 0.6) is 0 Å². The summed E-state index contributed by atoms with van der Waals surface area (Å²) in [4.78, 5) is 3.82. The summed E-state index contributed by atoms with van der Waals surface area (Å²) in [6.45, 7) is 0.908. The Kier molecular flexibility index (Phi) is 3.02. The molecule has 2 aliphatic rings. The van der Waals surface area contributed by atoms with E-state index in [4.69, 9.17) is 4.74 Å². The zero-order valence-electron chi connectivity index (χ0n) is 9.80. The maximum atomic E-state index is 12.4. The van der Waals surface area contributed by atoms with Crippen molar-refractivity contribution in [1.82, 2.24) is 14.8 Å². The summed E-state index contributed by atoms with van der Waals surface area (Å²) < 4.78 is 47.9. The van der Waals surface area contributed by atoms with Crippen molar-refractivity contribution in [2.45, 2.75) is 24.9 Å². The molecule has 6 nitrogen and oxygen atoms in total. The van der Waals surface area contributed by atoms with Gasteiger partial charge in [0.1, 0.15) is 5.82 Å². The summed E-state index contributed by atoms with van der Waals surface area (Å²) in [7, 11) is 0. The average Bonchev–Trinajstić information content (AvgIpc) is 2.95. The van der Waals surface area contributed by atoms with Gasteiger partial charge in [-0.15, -0.1) is 23.4 Å². The molecule has 0 aromatic carbocycles. The van der Waals surface area contributed by atoms with Crippen molar-refractivity contribution in [3.63, 3.8) is 0 Å². The molecular formula is C10H11F3N4O2. The number of alkyl halides is 3. The third kappa shape index (κ3) is 2.47. The Morgan fingerprint density at radius 3 is 2.89 bits per heavy atom. The minimum atomic E-state index is -4.72. The zero-order chi connectivity index (χ0) is 13.5. The normalized spacial score (nSPS) is 26.7. The minimum absolute atomic E-state index is 0.0490. The Morgan fingerprint density at radius 2 is 2.21 bits per heavy atom. The van der Waals surface area contributed by atoms with E-state index in [1.165, 1.54) is 10.8 Å². The van der Waals surface area contributed by atoms with Crippen molar-refractivity contribution in [1.29, 1.82) is 0 Å². The van der Waals surface area contributed by atoms with E-state index in [-0.39, 0.29) is 18.3 Å². The van der Waals surface area contributed by atoms with Crippen molar-refractivity contribution in [2.24, 2.45) is 4.99 Å². The average molecular weight is 276 g/mol. The van der Waals surface area contributed by atoms with Crippen LogP contribution in [0, 0.1) is 0 Å². The van der Waals surface area contributed by atoms with Gasteiger partial charge in [0.05, 0.1) is 19.4 Å². The molecule has 19 heavy (non-hydrogen) atoms. The van der Waals surface area contributed by atoms with Crippen LogP contribution < -0.4 is 0 Å². The molecule has 1 aromatic rings. The quantitative estimate of drug-likeness (QED) is 0.815. The van der Waals surface area contributed by atoms with Gasteiger partial charge in [0, 0.05) is 12.5 Å². The highest BCUT2D eigenvalue weighted by Gasteiger charge is 2.38. The van der Waals surface area contributed by atoms with Crippen LogP contribution in [0.2, 0.25) is 0 Å². The first-order valence-electron chi connectivity index (χ1n) is 5.81. The van der Waals surface area contributed by atoms with Crippen molar-refractivity contribution < 1.29 is 22.6 Å². The molecule has 9 heteroatoms. The molecule has 0 amide bonds. The molecule has 2 atom stereocenters. The SMILES string of the molecule is FC(F)(F)OC1CN=Cc2nnc(C3CCOC3)n21. The predicted molar refractivity (Wildman–Crippen MR) is 56.8 cm³/mol. The van der Waals surface area contributed by atoms with Crippen molar-refractivity contribution >= 4 is 6.21 Å². The van der Waals surface area contributed by atoms with Gasteiger partial charge in [-0.25, -0.2) is 0 Å². The number of aliphatic imine (C=N–C) groups is 1. The number of halogens is 3. The molecule has 2 aliphatic heterocycles. The number of rotatable bonds is 2. The Bertz CT molecular complexity index is 493. The van der Waals surface area contributed by atoms with Crippen LogP contribution in [-0.4, -0.2) is 47.1 Å². The molecule has 0 saturated carbocycles. The van der Waals surface area contributed by atoms with E-state index in [1.807, 2.05) is 0 Å². The zero-order valence-corrected chi connectivity index (χ0v) is 9.80. The van der Waals surface area contributed by atoms with Crippen LogP contribution in [0.15, 0.2) is 4.99 Å². The van der Waals surface area contributed by atoms with E-state index >= 15 is 0 Å². The van der Waals surface area contributed by atoms with Gasteiger partial charge in [0.15, 0.2) is 12.1 Å². The Balaban J connectivity index is 1.93. The summed E-state index contributed by atoms with van der Waals surface area (Å²) in [6, 6.07) is 0. The van der Waals surface area contributed by atoms with Gasteiger partial charge in [0.25, 0.3) is 0 Å². The van der Waals surface area contributed by atoms with Crippen LogP contribution in [0.25, 0.3) is 0 Å². The van der Waals surface area contributed by atoms with Gasteiger partial charge < -0.3 is 4.74 Å². The largest absolute Gasteiger partial charge is 0.524 e. The van der Waals surface area contributed by atoms with E-state index in [0.717, 1.165) is 0 Å². The van der Waals surface area contributed by atoms with E-state index in [9.17, 15) is 13.2 Å². The lowest BCUT2D eigenvalue weighted by atomic mass is 10.1. The summed E-state index contributed by atoms with van der Waals surface area (Å²) in [6.07, 6.45) is -3.84. The van der Waals surface area contributed by atoms with Crippen LogP contribution in [0.1, 0.15) is 30.2 Å². The van der Waals surface area contributed by atoms with Crippen molar-refractivity contribution in [3.8, 4) is 0 Å². The smallest absolute Gasteiger partial charge is 0.381 e. The number of ether oxygens (including phenoxy) is 2. The number of aromatic nitrogens is 3. The second-order valence-electron chi connectivity index (χ2n) is 4.36. The van der Waals surface area contributed by atoms with Gasteiger partial charge in [-0.05, 0) is 6.42 Å². The number of hydrogen-bond donors (Lipinski definition) is 0. The molecule has 0 aliphatic carbocycles. The minimum Gasteiger partial charge on any atom is -0.381 e. The van der Waals surface area contributed by atoms with Crippen molar-refractivity contribution in [3.05, 3.63) is 11.6 Å². The standard InChI is InChI=1S/C10H11F3N4O2/c11-10(12,13)19-8-4-14-3-7-15-16-9(17(7)8)6-1-2-18-5-6/h3,6,8H,1-2,4-5H2. The molecule has 2 unspecified atom stereocenters. The maximum absolute atomic E-state index is 12.4. The fourth-order valence-electron chi connectivity index (χ4n) is 2.27. The summed E-state index contributed by atoms with van der Waals surface area (Å²) in [5, 5.41) is 7.80. The van der Waals surface area contributed by atoms with Gasteiger partial charge in [-0.1, -0.05) is 0 Å². The molecule has 1 aromatic heterocycles. The lowest BCUT2D eigenvalue weighted by molar-refractivity contribution is -0.353. The van der Waals surface area contributed by atoms with Crippen molar-refractivity contribution in [2.75, 3.05) is 19.8 Å². The summed E-state index contributed by atoms with van der Waals surface area (Å²) in [5.41, 5.74) is 0. The molecule has 1 fully saturated rings. The molecule has 0 spiro atoms. The lowest BCUT2D eigenvalue weighted by Crippen LogP contribution is -2.30. The first kappa shape index (κ1) is 12.5. The van der Waals surface area contributed by atoms with Crippen LogP contribution in [0.3, 0.4) is 0 Å². The fourth-order valence-corrected chi connectivity index (χ4v) is 2.27. The highest BCUT2D eigenvalue weighted by Crippen LogP contribution is 2.31. The molecule has 1 saturated heterocycles. The third-order valence-corrected chi connectivity index (χ3v) is 3.07. The summed E-state index contributed by atoms with van der Waals surface area (Å²) in [5.74, 6) is 0.697. The van der Waals surface area contributed by atoms with E-state index in [1.54, 1.807) is 0 Å². The molecule has 3 rings (SSSR count). The maximum Gasteiger partial charge on any atom is 0.524 e. The lowest BCUT2D eigenvalue weighted by Gasteiger charge is -2.24. The highest BCUT2D eigenvalue weighted by atomic mass is 19.4. The van der Waals surface area contributed by atoms with E-state index < -0.39 is 12.6 Å². The monoisotopic (exact) mass is 276 g/mol. The highest BCUT2D eigenvalue weighted by molar-refractivity contribution is 5.75. The fraction of sp³-hybridized carbons (Fsp3) is 0.700. The number of hydrogen-bond acceptors (Lipinski definition) is 5. The third-order valence-electron chi connectivity index (χ3n) is 3.07. The molecule has 104 valence electrons. The van der Waals surface area contributed by atoms with Crippen LogP contribution >= 0.6 is 0 Å². The second-order valence-corrected chi connectivity index (χ2v) is 4.36. The Labute approximate surface area is 106 Å². The molecule has 3 heterocycles. The molecular weight excluding hydrogens is 265 g/mol. The molecule has 0 bridgehead atoms. The summed E-state index contributed by atoms with van der Waals surface area (Å²) >= 11 is 0. The number of fused-ring (bicyclic) bond motifs is 1. The Morgan fingerprint density at radius 1 is 1.37 bits per heavy atom. The van der Waals surface area contributed by atoms with Gasteiger partial charge in [0.2, 0.25) is 0 Å². The first-order chi connectivity index (χ1) is 9.04. The first-order valence-corrected chi connectivity index (χ1v) is 5.81. The van der Waals surface area contributed by atoms with Gasteiger partial charge >= 0.3 is 6.36 Å². The van der Waals surface area contributed by atoms with E-state index in [2.05, 4.69) is 19.9 Å². The van der Waals surface area contributed by atoms with Crippen LogP contribution in [-0.2, 0) is 9.47 Å². The van der Waals surface area contributed by atoms with Gasteiger partial charge in [-0.2, -0.15) is 0 Å².